The van der Waals surface area contributed by atoms with Gasteiger partial charge in [-0.1, -0.05) is 0 Å². The second-order valence-electron chi connectivity index (χ2n) is 3.17. The molecular weight excluding hydrogens is 278 g/mol. The summed E-state index contributed by atoms with van der Waals surface area (Å²) in [7, 11) is -3.82. The number of carboxylic acids is 1. The predicted octanol–water partition coefficient (Wildman–Crippen LogP) is 1.04. The second-order valence-corrected chi connectivity index (χ2v) is 5.99. The maximum Gasteiger partial charge on any atom is 0.336 e. The number of carboxylic acid groups (broad SMARTS) is 1. The SMILES string of the molecule is O=C(O)c1csc(S(=O)(=O)Nc2cccnn2)c1. The highest BCUT2D eigenvalue weighted by Gasteiger charge is 2.19. The van der Waals surface area contributed by atoms with Gasteiger partial charge in [-0.05, 0) is 18.2 Å². The zero-order chi connectivity index (χ0) is 13.2. The van der Waals surface area contributed by atoms with Crippen molar-refractivity contribution >= 4 is 33.1 Å². The van der Waals surface area contributed by atoms with Crippen molar-refractivity contribution in [3.05, 3.63) is 35.3 Å². The Labute approximate surface area is 106 Å². The fraction of sp³-hybridized carbons (Fsp3) is 0. The van der Waals surface area contributed by atoms with Crippen molar-refractivity contribution in [2.45, 2.75) is 4.21 Å². The van der Waals surface area contributed by atoms with Crippen LogP contribution in [0.1, 0.15) is 10.4 Å². The number of sulfonamides is 1. The number of rotatable bonds is 4. The molecule has 0 radical (unpaired) electrons. The molecule has 7 nitrogen and oxygen atoms in total. The first kappa shape index (κ1) is 12.5. The van der Waals surface area contributed by atoms with E-state index in [1.165, 1.54) is 23.7 Å². The molecular formula is C9H7N3O4S2. The summed E-state index contributed by atoms with van der Waals surface area (Å²) in [5.74, 6) is -1.10. The van der Waals surface area contributed by atoms with E-state index in [2.05, 4.69) is 14.9 Å². The van der Waals surface area contributed by atoms with E-state index in [0.717, 1.165) is 17.4 Å². The molecule has 2 aromatic rings. The summed E-state index contributed by atoms with van der Waals surface area (Å²) < 4.78 is 25.9. The van der Waals surface area contributed by atoms with Crippen molar-refractivity contribution in [3.63, 3.8) is 0 Å². The number of aromatic carboxylic acids is 1. The van der Waals surface area contributed by atoms with E-state index in [-0.39, 0.29) is 15.6 Å². The highest BCUT2D eigenvalue weighted by Crippen LogP contribution is 2.22. The van der Waals surface area contributed by atoms with Crippen LogP contribution in [-0.4, -0.2) is 29.7 Å². The average molecular weight is 285 g/mol. The van der Waals surface area contributed by atoms with E-state index >= 15 is 0 Å². The molecule has 0 bridgehead atoms. The Hall–Kier alpha value is -2.00. The van der Waals surface area contributed by atoms with E-state index < -0.39 is 16.0 Å². The molecule has 9 heteroatoms. The zero-order valence-corrected chi connectivity index (χ0v) is 10.4. The summed E-state index contributed by atoms with van der Waals surface area (Å²) in [4.78, 5) is 10.7. The molecule has 0 aliphatic carbocycles. The Bertz CT molecular complexity index is 666. The van der Waals surface area contributed by atoms with E-state index in [1.807, 2.05) is 0 Å². The van der Waals surface area contributed by atoms with Crippen LogP contribution in [0.5, 0.6) is 0 Å². The quantitative estimate of drug-likeness (QED) is 0.868. The van der Waals surface area contributed by atoms with Gasteiger partial charge in [0.1, 0.15) is 4.21 Å². The lowest BCUT2D eigenvalue weighted by atomic mass is 10.4. The van der Waals surface area contributed by atoms with Gasteiger partial charge in [-0.3, -0.25) is 4.72 Å². The van der Waals surface area contributed by atoms with Gasteiger partial charge in [0.15, 0.2) is 5.82 Å². The average Bonchev–Trinajstić information content (AvgIpc) is 2.79. The standard InChI is InChI=1S/C9H7N3O4S2/c13-9(14)6-4-8(17-5-6)18(15,16)12-7-2-1-3-10-11-7/h1-5H,(H,11,12)(H,13,14). The lowest BCUT2D eigenvalue weighted by Gasteiger charge is -2.03. The minimum atomic E-state index is -3.82. The van der Waals surface area contributed by atoms with Crippen LogP contribution < -0.4 is 4.72 Å². The molecule has 94 valence electrons. The van der Waals surface area contributed by atoms with Crippen molar-refractivity contribution in [2.24, 2.45) is 0 Å². The summed E-state index contributed by atoms with van der Waals surface area (Å²) in [5.41, 5.74) is -0.0699. The maximum absolute atomic E-state index is 11.9. The molecule has 2 N–H and O–H groups in total. The molecule has 0 amide bonds. The lowest BCUT2D eigenvalue weighted by Crippen LogP contribution is -2.12. The number of anilines is 1. The molecule has 2 heterocycles. The molecule has 18 heavy (non-hydrogen) atoms. The molecule has 0 unspecified atom stereocenters. The van der Waals surface area contributed by atoms with Crippen molar-refractivity contribution in [1.29, 1.82) is 0 Å². The second kappa shape index (κ2) is 4.70. The minimum absolute atomic E-state index is 0.0699. The first-order chi connectivity index (χ1) is 8.49. The van der Waals surface area contributed by atoms with Gasteiger partial charge in [0.05, 0.1) is 5.56 Å². The third-order valence-corrected chi connectivity index (χ3v) is 4.69. The Morgan fingerprint density at radius 3 is 2.78 bits per heavy atom. The molecule has 0 aliphatic rings. The third kappa shape index (κ3) is 2.63. The summed E-state index contributed by atoms with van der Waals surface area (Å²) in [5, 5.41) is 17.1. The summed E-state index contributed by atoms with van der Waals surface area (Å²) in [6, 6.07) is 4.06. The first-order valence-corrected chi connectivity index (χ1v) is 6.98. The molecule has 0 saturated carbocycles. The number of hydrogen-bond donors (Lipinski definition) is 2. The van der Waals surface area contributed by atoms with E-state index in [9.17, 15) is 13.2 Å². The molecule has 0 aliphatic heterocycles. The highest BCUT2D eigenvalue weighted by molar-refractivity contribution is 7.94. The Morgan fingerprint density at radius 2 is 2.22 bits per heavy atom. The van der Waals surface area contributed by atoms with E-state index in [4.69, 9.17) is 5.11 Å². The summed E-state index contributed by atoms with van der Waals surface area (Å²) in [6.07, 6.45) is 1.41. The molecule has 2 rings (SSSR count). The van der Waals surface area contributed by atoms with Gasteiger partial charge in [0.25, 0.3) is 10.0 Å². The molecule has 0 spiro atoms. The molecule has 2 aromatic heterocycles. The van der Waals surface area contributed by atoms with Crippen LogP contribution in [0.3, 0.4) is 0 Å². The predicted molar refractivity (Wildman–Crippen MR) is 64.1 cm³/mol. The Kier molecular flexibility index (Phi) is 3.26. The maximum atomic E-state index is 11.9. The van der Waals surface area contributed by atoms with Gasteiger partial charge in [-0.15, -0.1) is 16.4 Å². The molecule has 0 saturated heterocycles. The fourth-order valence-electron chi connectivity index (χ4n) is 1.11. The number of hydrogen-bond acceptors (Lipinski definition) is 6. The third-order valence-electron chi connectivity index (χ3n) is 1.90. The summed E-state index contributed by atoms with van der Waals surface area (Å²) in [6.45, 7) is 0. The van der Waals surface area contributed by atoms with Crippen LogP contribution >= 0.6 is 11.3 Å². The van der Waals surface area contributed by atoms with Crippen LogP contribution in [0, 0.1) is 0 Å². The van der Waals surface area contributed by atoms with Gasteiger partial charge in [0, 0.05) is 11.6 Å². The van der Waals surface area contributed by atoms with Crippen LogP contribution in [0.15, 0.2) is 34.0 Å². The van der Waals surface area contributed by atoms with Crippen LogP contribution in [0.25, 0.3) is 0 Å². The largest absolute Gasteiger partial charge is 0.478 e. The topological polar surface area (TPSA) is 109 Å². The van der Waals surface area contributed by atoms with Gasteiger partial charge < -0.3 is 5.11 Å². The van der Waals surface area contributed by atoms with E-state index in [1.54, 1.807) is 0 Å². The van der Waals surface area contributed by atoms with Crippen molar-refractivity contribution < 1.29 is 18.3 Å². The number of thiophene rings is 1. The van der Waals surface area contributed by atoms with Crippen LogP contribution in [0.4, 0.5) is 5.82 Å². The highest BCUT2D eigenvalue weighted by atomic mass is 32.2. The number of nitrogens with one attached hydrogen (secondary N) is 1. The number of carbonyl (C=O) groups is 1. The van der Waals surface area contributed by atoms with Gasteiger partial charge >= 0.3 is 5.97 Å². The molecule has 0 fully saturated rings. The van der Waals surface area contributed by atoms with Crippen molar-refractivity contribution in [1.82, 2.24) is 10.2 Å². The normalized spacial score (nSPS) is 11.1. The monoisotopic (exact) mass is 285 g/mol. The fourth-order valence-corrected chi connectivity index (χ4v) is 3.26. The van der Waals surface area contributed by atoms with Gasteiger partial charge in [-0.25, -0.2) is 13.2 Å². The lowest BCUT2D eigenvalue weighted by molar-refractivity contribution is 0.0697. The van der Waals surface area contributed by atoms with Gasteiger partial charge in [-0.2, -0.15) is 5.10 Å². The first-order valence-electron chi connectivity index (χ1n) is 4.61. The van der Waals surface area contributed by atoms with Crippen molar-refractivity contribution in [3.8, 4) is 0 Å². The summed E-state index contributed by atoms with van der Waals surface area (Å²) >= 11 is 0.825. The minimum Gasteiger partial charge on any atom is -0.478 e. The van der Waals surface area contributed by atoms with Crippen molar-refractivity contribution in [2.75, 3.05) is 4.72 Å². The molecule has 0 aromatic carbocycles. The zero-order valence-electron chi connectivity index (χ0n) is 8.77. The smallest absolute Gasteiger partial charge is 0.336 e. The Balaban J connectivity index is 2.28. The Morgan fingerprint density at radius 1 is 1.44 bits per heavy atom. The number of aromatic nitrogens is 2. The van der Waals surface area contributed by atoms with E-state index in [0.29, 0.717) is 0 Å². The van der Waals surface area contributed by atoms with Crippen LogP contribution in [0.2, 0.25) is 0 Å². The molecule has 0 atom stereocenters. The van der Waals surface area contributed by atoms with Crippen LogP contribution in [-0.2, 0) is 10.0 Å². The van der Waals surface area contributed by atoms with Gasteiger partial charge in [0.2, 0.25) is 0 Å². The number of nitrogens with zero attached hydrogens (tertiary/aromatic N) is 2.